The number of carboxylic acid groups (broad SMARTS) is 1. The van der Waals surface area contributed by atoms with E-state index in [1.165, 1.54) is 44.6 Å². The van der Waals surface area contributed by atoms with Gasteiger partial charge >= 0.3 is 5.97 Å². The van der Waals surface area contributed by atoms with E-state index in [1.54, 1.807) is 6.07 Å². The third-order valence-corrected chi connectivity index (χ3v) is 3.76. The third kappa shape index (κ3) is 4.86. The first-order valence-electron chi connectivity index (χ1n) is 7.97. The average molecular weight is 397 g/mol. The van der Waals surface area contributed by atoms with Gasteiger partial charge in [0.05, 0.1) is 36.3 Å². The van der Waals surface area contributed by atoms with Crippen LogP contribution in [0.1, 0.15) is 15.9 Å². The van der Waals surface area contributed by atoms with Crippen LogP contribution in [0.25, 0.3) is 6.08 Å². The molecule has 0 aliphatic heterocycles. The van der Waals surface area contributed by atoms with Crippen molar-refractivity contribution in [3.05, 3.63) is 63.2 Å². The molecule has 29 heavy (non-hydrogen) atoms. The predicted molar refractivity (Wildman–Crippen MR) is 102 cm³/mol. The largest absolute Gasteiger partial charge is 0.493 e. The van der Waals surface area contributed by atoms with Crippen molar-refractivity contribution in [2.24, 2.45) is 0 Å². The standard InChI is InChI=1S/C19H15N3O7/c1-28-16-8-12(15(22(26)27)9-17(16)29-2)6-13(10-20)18(23)21-14-5-3-4-11(7-14)19(24)25/h3-9H,1-2H3,(H,21,23)(H,24,25). The second-order valence-electron chi connectivity index (χ2n) is 5.53. The van der Waals surface area contributed by atoms with Gasteiger partial charge in [0.15, 0.2) is 11.5 Å². The molecule has 2 aromatic rings. The van der Waals surface area contributed by atoms with E-state index in [1.807, 2.05) is 0 Å². The summed E-state index contributed by atoms with van der Waals surface area (Å²) in [6, 6.07) is 9.49. The number of nitrogens with one attached hydrogen (secondary N) is 1. The van der Waals surface area contributed by atoms with E-state index >= 15 is 0 Å². The Bertz CT molecular complexity index is 1050. The van der Waals surface area contributed by atoms with Gasteiger partial charge in [0.2, 0.25) is 0 Å². The van der Waals surface area contributed by atoms with Crippen molar-refractivity contribution in [1.29, 1.82) is 5.26 Å². The molecule has 10 nitrogen and oxygen atoms in total. The zero-order valence-electron chi connectivity index (χ0n) is 15.3. The number of anilines is 1. The second kappa shape index (κ2) is 9.01. The summed E-state index contributed by atoms with van der Waals surface area (Å²) >= 11 is 0. The fraction of sp³-hybridized carbons (Fsp3) is 0.105. The SMILES string of the molecule is COc1cc(C=C(C#N)C(=O)Nc2cccc(C(=O)O)c2)c([N+](=O)[O-])cc1OC. The van der Waals surface area contributed by atoms with E-state index in [0.29, 0.717) is 0 Å². The lowest BCUT2D eigenvalue weighted by Crippen LogP contribution is -2.14. The zero-order valence-corrected chi connectivity index (χ0v) is 15.3. The van der Waals surface area contributed by atoms with Crippen molar-refractivity contribution < 1.29 is 29.1 Å². The number of hydrogen-bond acceptors (Lipinski definition) is 7. The van der Waals surface area contributed by atoms with Gasteiger partial charge in [-0.15, -0.1) is 0 Å². The summed E-state index contributed by atoms with van der Waals surface area (Å²) < 4.78 is 10.1. The number of nitriles is 1. The zero-order chi connectivity index (χ0) is 21.6. The number of carboxylic acids is 1. The molecule has 0 heterocycles. The summed E-state index contributed by atoms with van der Waals surface area (Å²) in [7, 11) is 2.65. The topological polar surface area (TPSA) is 152 Å². The van der Waals surface area contributed by atoms with Crippen LogP contribution in [-0.4, -0.2) is 36.1 Å². The molecule has 0 radical (unpaired) electrons. The number of carbonyl (C=O) groups excluding carboxylic acids is 1. The van der Waals surface area contributed by atoms with Crippen molar-refractivity contribution in [3.8, 4) is 17.6 Å². The Morgan fingerprint density at radius 2 is 1.86 bits per heavy atom. The van der Waals surface area contributed by atoms with Crippen molar-refractivity contribution in [3.63, 3.8) is 0 Å². The lowest BCUT2D eigenvalue weighted by Gasteiger charge is -2.09. The van der Waals surface area contributed by atoms with Gasteiger partial charge in [0, 0.05) is 5.69 Å². The average Bonchev–Trinajstić information content (AvgIpc) is 2.71. The molecular formula is C19H15N3O7. The molecule has 10 heteroatoms. The Morgan fingerprint density at radius 3 is 2.41 bits per heavy atom. The number of nitro benzene ring substituents is 1. The number of methoxy groups -OCH3 is 2. The summed E-state index contributed by atoms with van der Waals surface area (Å²) in [6.45, 7) is 0. The summed E-state index contributed by atoms with van der Waals surface area (Å²) in [6.07, 6.45) is 1.04. The molecule has 1 amide bonds. The van der Waals surface area contributed by atoms with Crippen molar-refractivity contribution in [2.75, 3.05) is 19.5 Å². The summed E-state index contributed by atoms with van der Waals surface area (Å²) in [5, 5.41) is 32.1. The number of benzene rings is 2. The van der Waals surface area contributed by atoms with Gasteiger partial charge in [-0.1, -0.05) is 6.07 Å². The van der Waals surface area contributed by atoms with Gasteiger partial charge < -0.3 is 19.9 Å². The highest BCUT2D eigenvalue weighted by Gasteiger charge is 2.20. The maximum atomic E-state index is 12.4. The van der Waals surface area contributed by atoms with Gasteiger partial charge in [-0.3, -0.25) is 14.9 Å². The van der Waals surface area contributed by atoms with Crippen LogP contribution < -0.4 is 14.8 Å². The molecule has 2 N–H and O–H groups in total. The second-order valence-corrected chi connectivity index (χ2v) is 5.53. The minimum absolute atomic E-state index is 0.0429. The van der Waals surface area contributed by atoms with Crippen LogP contribution in [0, 0.1) is 21.4 Å². The molecule has 0 spiro atoms. The van der Waals surface area contributed by atoms with Crippen LogP contribution >= 0.6 is 0 Å². The van der Waals surface area contributed by atoms with Crippen molar-refractivity contribution >= 4 is 29.3 Å². The van der Waals surface area contributed by atoms with Crippen LogP contribution in [0.15, 0.2) is 42.0 Å². The maximum absolute atomic E-state index is 12.4. The van der Waals surface area contributed by atoms with E-state index in [0.717, 1.165) is 12.1 Å². The normalized spacial score (nSPS) is 10.6. The predicted octanol–water partition coefficient (Wildman–Crippen LogP) is 2.86. The molecule has 0 saturated carbocycles. The summed E-state index contributed by atoms with van der Waals surface area (Å²) in [4.78, 5) is 34.1. The van der Waals surface area contributed by atoms with E-state index in [-0.39, 0.29) is 28.3 Å². The molecule has 2 rings (SSSR count). The quantitative estimate of drug-likeness (QED) is 0.313. The number of amides is 1. The van der Waals surface area contributed by atoms with E-state index in [4.69, 9.17) is 14.6 Å². The molecule has 0 atom stereocenters. The summed E-state index contributed by atoms with van der Waals surface area (Å²) in [5.74, 6) is -1.75. The first-order chi connectivity index (χ1) is 13.8. The molecule has 2 aromatic carbocycles. The summed E-state index contributed by atoms with van der Waals surface area (Å²) in [5.41, 5.74) is -0.769. The lowest BCUT2D eigenvalue weighted by molar-refractivity contribution is -0.385. The lowest BCUT2D eigenvalue weighted by atomic mass is 10.1. The fourth-order valence-corrected chi connectivity index (χ4v) is 2.39. The van der Waals surface area contributed by atoms with Crippen molar-refractivity contribution in [2.45, 2.75) is 0 Å². The molecule has 0 aromatic heterocycles. The number of aromatic carboxylic acids is 1. The third-order valence-electron chi connectivity index (χ3n) is 3.76. The molecule has 0 bridgehead atoms. The minimum atomic E-state index is -1.18. The smallest absolute Gasteiger partial charge is 0.335 e. The first kappa shape index (κ1) is 20.9. The molecule has 0 fully saturated rings. The fourth-order valence-electron chi connectivity index (χ4n) is 2.39. The Balaban J connectivity index is 2.44. The number of carbonyl (C=O) groups is 2. The van der Waals surface area contributed by atoms with Gasteiger partial charge in [-0.25, -0.2) is 4.79 Å². The number of ether oxygens (including phenoxy) is 2. The van der Waals surface area contributed by atoms with Gasteiger partial charge in [0.25, 0.3) is 11.6 Å². The highest BCUT2D eigenvalue weighted by atomic mass is 16.6. The minimum Gasteiger partial charge on any atom is -0.493 e. The molecule has 0 aliphatic carbocycles. The molecule has 148 valence electrons. The monoisotopic (exact) mass is 397 g/mol. The van der Waals surface area contributed by atoms with Gasteiger partial charge in [0.1, 0.15) is 11.6 Å². The van der Waals surface area contributed by atoms with Gasteiger partial charge in [-0.2, -0.15) is 5.26 Å². The number of nitro groups is 1. The van der Waals surface area contributed by atoms with Gasteiger partial charge in [-0.05, 0) is 30.3 Å². The Labute approximate surface area is 164 Å². The van der Waals surface area contributed by atoms with E-state index in [9.17, 15) is 25.0 Å². The molecule has 0 unspecified atom stereocenters. The van der Waals surface area contributed by atoms with Crippen LogP contribution in [0.2, 0.25) is 0 Å². The van der Waals surface area contributed by atoms with E-state index in [2.05, 4.69) is 5.32 Å². The molecule has 0 aliphatic rings. The highest BCUT2D eigenvalue weighted by molar-refractivity contribution is 6.10. The Kier molecular flexibility index (Phi) is 6.50. The van der Waals surface area contributed by atoms with Crippen LogP contribution in [-0.2, 0) is 4.79 Å². The van der Waals surface area contributed by atoms with Crippen LogP contribution in [0.5, 0.6) is 11.5 Å². The molecule has 0 saturated heterocycles. The molecular weight excluding hydrogens is 382 g/mol. The Hall–Kier alpha value is -4.39. The first-order valence-corrected chi connectivity index (χ1v) is 7.97. The number of hydrogen-bond donors (Lipinski definition) is 2. The highest BCUT2D eigenvalue weighted by Crippen LogP contribution is 2.35. The number of rotatable bonds is 7. The van der Waals surface area contributed by atoms with Crippen LogP contribution in [0.3, 0.4) is 0 Å². The van der Waals surface area contributed by atoms with Crippen LogP contribution in [0.4, 0.5) is 11.4 Å². The Morgan fingerprint density at radius 1 is 1.21 bits per heavy atom. The van der Waals surface area contributed by atoms with Crippen molar-refractivity contribution in [1.82, 2.24) is 0 Å². The van der Waals surface area contributed by atoms with E-state index < -0.39 is 28.1 Å². The number of nitrogens with zero attached hydrogens (tertiary/aromatic N) is 2. The maximum Gasteiger partial charge on any atom is 0.335 e.